The molecule has 0 N–H and O–H groups in total. The summed E-state index contributed by atoms with van der Waals surface area (Å²) >= 11 is 0. The van der Waals surface area contributed by atoms with Gasteiger partial charge in [-0.1, -0.05) is 54.6 Å². The summed E-state index contributed by atoms with van der Waals surface area (Å²) in [6.07, 6.45) is 5.09. The van der Waals surface area contributed by atoms with Crippen LogP contribution in [0.2, 0.25) is 0 Å². The predicted molar refractivity (Wildman–Crippen MR) is 167 cm³/mol. The third-order valence-corrected chi connectivity index (χ3v) is 7.86. The number of carbonyl (C=O) groups is 1. The van der Waals surface area contributed by atoms with Gasteiger partial charge in [0.05, 0.1) is 25.0 Å². The summed E-state index contributed by atoms with van der Waals surface area (Å²) in [7, 11) is 0. The van der Waals surface area contributed by atoms with Crippen molar-refractivity contribution in [3.63, 3.8) is 0 Å². The second kappa shape index (κ2) is 12.5. The van der Waals surface area contributed by atoms with Crippen LogP contribution in [-0.4, -0.2) is 36.4 Å². The summed E-state index contributed by atoms with van der Waals surface area (Å²) in [4.78, 5) is 13.8. The number of rotatable bonds is 9. The molecule has 4 aromatic rings. The first-order chi connectivity index (χ1) is 20.6. The molecule has 1 aliphatic heterocycles. The number of fused-ring (bicyclic) bond motifs is 2. The fourth-order valence-corrected chi connectivity index (χ4v) is 6.03. The Labute approximate surface area is 247 Å². The number of ether oxygens (including phenoxy) is 3. The Bertz CT molecular complexity index is 1640. The molecule has 0 saturated heterocycles. The van der Waals surface area contributed by atoms with Crippen LogP contribution in [-0.2, 0) is 4.79 Å². The van der Waals surface area contributed by atoms with E-state index in [9.17, 15) is 4.79 Å². The van der Waals surface area contributed by atoms with E-state index in [1.165, 1.54) is 0 Å². The van der Waals surface area contributed by atoms with Crippen molar-refractivity contribution in [2.45, 2.75) is 39.2 Å². The molecule has 2 unspecified atom stereocenters. The van der Waals surface area contributed by atoms with Crippen molar-refractivity contribution in [2.24, 2.45) is 11.0 Å². The number of hydrogen-bond acceptors (Lipinski definition) is 5. The number of carbonyl (C=O) groups excluding carboxylic acids is 1. The molecule has 214 valence electrons. The maximum atomic E-state index is 13.8. The van der Waals surface area contributed by atoms with Crippen LogP contribution in [0.4, 0.5) is 0 Å². The van der Waals surface area contributed by atoms with E-state index in [1.807, 2.05) is 80.6 Å². The Morgan fingerprint density at radius 3 is 2.38 bits per heavy atom. The van der Waals surface area contributed by atoms with Crippen molar-refractivity contribution < 1.29 is 19.0 Å². The van der Waals surface area contributed by atoms with Gasteiger partial charge in [-0.3, -0.25) is 4.79 Å². The largest absolute Gasteiger partial charge is 0.494 e. The SMILES string of the molecule is CCOc1cccc(/C=C2\CCCC3C2=NN(C(=O)COc2ccc4ccccc4c2)C3c2cccc(OCC)c2)c1. The number of allylic oxidation sites excluding steroid dienone is 1. The molecule has 1 amide bonds. The molecule has 6 rings (SSSR count). The zero-order chi connectivity index (χ0) is 28.9. The molecule has 0 radical (unpaired) electrons. The minimum Gasteiger partial charge on any atom is -0.494 e. The number of benzene rings is 4. The molecule has 2 atom stereocenters. The van der Waals surface area contributed by atoms with E-state index in [1.54, 1.807) is 5.01 Å². The van der Waals surface area contributed by atoms with Gasteiger partial charge in [0.1, 0.15) is 17.2 Å². The van der Waals surface area contributed by atoms with E-state index >= 15 is 0 Å². The highest BCUT2D eigenvalue weighted by Crippen LogP contribution is 2.45. The van der Waals surface area contributed by atoms with Crippen molar-refractivity contribution in [2.75, 3.05) is 19.8 Å². The van der Waals surface area contributed by atoms with Crippen molar-refractivity contribution in [3.05, 3.63) is 108 Å². The molecule has 1 saturated carbocycles. The molecule has 0 spiro atoms. The molecule has 1 heterocycles. The van der Waals surface area contributed by atoms with Crippen LogP contribution in [0.5, 0.6) is 17.2 Å². The van der Waals surface area contributed by atoms with Gasteiger partial charge in [0, 0.05) is 5.92 Å². The van der Waals surface area contributed by atoms with Gasteiger partial charge in [-0.25, -0.2) is 5.01 Å². The highest BCUT2D eigenvalue weighted by Gasteiger charge is 2.44. The minimum absolute atomic E-state index is 0.0848. The van der Waals surface area contributed by atoms with Crippen molar-refractivity contribution >= 4 is 28.5 Å². The number of hydrazone groups is 1. The van der Waals surface area contributed by atoms with Crippen LogP contribution in [0.3, 0.4) is 0 Å². The molecule has 0 aromatic heterocycles. The van der Waals surface area contributed by atoms with Gasteiger partial charge in [0.15, 0.2) is 6.61 Å². The lowest BCUT2D eigenvalue weighted by Crippen LogP contribution is -2.34. The van der Waals surface area contributed by atoms with E-state index in [2.05, 4.69) is 30.3 Å². The van der Waals surface area contributed by atoms with Crippen molar-refractivity contribution in [1.82, 2.24) is 5.01 Å². The van der Waals surface area contributed by atoms with E-state index in [-0.39, 0.29) is 24.5 Å². The van der Waals surface area contributed by atoms with Gasteiger partial charge >= 0.3 is 0 Å². The van der Waals surface area contributed by atoms with Gasteiger partial charge in [0.25, 0.3) is 5.91 Å². The Balaban J connectivity index is 1.31. The predicted octanol–water partition coefficient (Wildman–Crippen LogP) is 7.84. The Morgan fingerprint density at radius 1 is 0.833 bits per heavy atom. The average molecular weight is 561 g/mol. The molecule has 6 heteroatoms. The zero-order valence-corrected chi connectivity index (χ0v) is 24.2. The van der Waals surface area contributed by atoms with Crippen molar-refractivity contribution in [3.8, 4) is 17.2 Å². The van der Waals surface area contributed by atoms with Gasteiger partial charge in [0.2, 0.25) is 0 Å². The van der Waals surface area contributed by atoms with E-state index in [0.717, 1.165) is 63.9 Å². The van der Waals surface area contributed by atoms with Crippen LogP contribution in [0.25, 0.3) is 16.8 Å². The van der Waals surface area contributed by atoms with Crippen LogP contribution in [0, 0.1) is 5.92 Å². The highest BCUT2D eigenvalue weighted by atomic mass is 16.5. The molecule has 1 fully saturated rings. The Kier molecular flexibility index (Phi) is 8.22. The first-order valence-electron chi connectivity index (χ1n) is 14.8. The number of hydrogen-bond donors (Lipinski definition) is 0. The van der Waals surface area contributed by atoms with E-state index in [0.29, 0.717) is 19.0 Å². The maximum absolute atomic E-state index is 13.8. The van der Waals surface area contributed by atoms with Gasteiger partial charge in [-0.15, -0.1) is 0 Å². The summed E-state index contributed by atoms with van der Waals surface area (Å²) in [6, 6.07) is 30.0. The average Bonchev–Trinajstić information content (AvgIpc) is 3.41. The lowest BCUT2D eigenvalue weighted by atomic mass is 9.77. The van der Waals surface area contributed by atoms with Crippen LogP contribution in [0.15, 0.2) is 102 Å². The molecule has 0 bridgehead atoms. The Hall–Kier alpha value is -4.58. The second-order valence-corrected chi connectivity index (χ2v) is 10.6. The number of amides is 1. The fraction of sp³-hybridized carbons (Fsp3) is 0.278. The summed E-state index contributed by atoms with van der Waals surface area (Å²) in [5.74, 6) is 2.22. The highest BCUT2D eigenvalue weighted by molar-refractivity contribution is 6.08. The standard InChI is InChI=1S/C36H36N2O4/c1-3-40-30-15-7-10-25(21-30)20-28-13-9-17-33-35(28)37-38(36(33)29-14-8-16-31(23-29)41-4-2)34(39)24-42-32-19-18-26-11-5-6-12-27(26)22-32/h5-8,10-12,14-16,18-23,33,36H,3-4,9,13,17,24H2,1-2H3/b28-20+. The normalized spacial score (nSPS) is 19.0. The van der Waals surface area contributed by atoms with Gasteiger partial charge < -0.3 is 14.2 Å². The Morgan fingerprint density at radius 2 is 1.57 bits per heavy atom. The molecule has 4 aromatic carbocycles. The molecule has 6 nitrogen and oxygen atoms in total. The van der Waals surface area contributed by atoms with Crippen molar-refractivity contribution in [1.29, 1.82) is 0 Å². The fourth-order valence-electron chi connectivity index (χ4n) is 6.03. The lowest BCUT2D eigenvalue weighted by Gasteiger charge is -2.30. The van der Waals surface area contributed by atoms with E-state index in [4.69, 9.17) is 19.3 Å². The van der Waals surface area contributed by atoms with Gasteiger partial charge in [-0.2, -0.15) is 5.10 Å². The van der Waals surface area contributed by atoms with Gasteiger partial charge in [-0.05, 0) is 103 Å². The molecule has 2 aliphatic rings. The number of nitrogens with zero attached hydrogens (tertiary/aromatic N) is 2. The molecular formula is C36H36N2O4. The minimum atomic E-state index is -0.230. The monoisotopic (exact) mass is 560 g/mol. The lowest BCUT2D eigenvalue weighted by molar-refractivity contribution is -0.135. The zero-order valence-electron chi connectivity index (χ0n) is 24.2. The summed E-state index contributed by atoms with van der Waals surface area (Å²) in [6.45, 7) is 5.06. The van der Waals surface area contributed by atoms with E-state index < -0.39 is 0 Å². The molecular weight excluding hydrogens is 524 g/mol. The second-order valence-electron chi connectivity index (χ2n) is 10.6. The topological polar surface area (TPSA) is 60.4 Å². The first-order valence-corrected chi connectivity index (χ1v) is 14.8. The molecule has 1 aliphatic carbocycles. The first kappa shape index (κ1) is 27.6. The summed E-state index contributed by atoms with van der Waals surface area (Å²) in [5, 5.41) is 8.88. The smallest absolute Gasteiger partial charge is 0.281 e. The third-order valence-electron chi connectivity index (χ3n) is 7.86. The third kappa shape index (κ3) is 5.89. The summed E-state index contributed by atoms with van der Waals surface area (Å²) in [5.41, 5.74) is 4.23. The summed E-state index contributed by atoms with van der Waals surface area (Å²) < 4.78 is 17.6. The van der Waals surface area contributed by atoms with Crippen LogP contribution < -0.4 is 14.2 Å². The van der Waals surface area contributed by atoms with Crippen LogP contribution in [0.1, 0.15) is 50.3 Å². The van der Waals surface area contributed by atoms with Crippen LogP contribution >= 0.6 is 0 Å². The molecule has 42 heavy (non-hydrogen) atoms. The maximum Gasteiger partial charge on any atom is 0.281 e. The quantitative estimate of drug-likeness (QED) is 0.209.